The van der Waals surface area contributed by atoms with Gasteiger partial charge in [-0.2, -0.15) is 4.98 Å². The zero-order valence-electron chi connectivity index (χ0n) is 15.1. The van der Waals surface area contributed by atoms with Crippen LogP contribution in [0.4, 0.5) is 0 Å². The highest BCUT2D eigenvalue weighted by atomic mass is 35.5. The standard InChI is InChI=1S/C20H15ClN4O4/c21-13-7-5-12(6-8-13)18-23-17(29-24-18)11-22-16(26)9-10-25-19(27)14-3-1-2-4-15(14)20(25)28/h1-8H,9-11H2,(H,22,26). The Bertz CT molecular complexity index is 1060. The molecule has 0 saturated carbocycles. The van der Waals surface area contributed by atoms with E-state index < -0.39 is 0 Å². The van der Waals surface area contributed by atoms with E-state index in [1.807, 2.05) is 0 Å². The normalized spacial score (nSPS) is 12.9. The molecule has 1 aliphatic heterocycles. The van der Waals surface area contributed by atoms with E-state index in [0.717, 1.165) is 10.5 Å². The van der Waals surface area contributed by atoms with Gasteiger partial charge < -0.3 is 9.84 Å². The summed E-state index contributed by atoms with van der Waals surface area (Å²) in [5, 5.41) is 7.11. The first kappa shape index (κ1) is 18.8. The van der Waals surface area contributed by atoms with Gasteiger partial charge in [0.15, 0.2) is 0 Å². The van der Waals surface area contributed by atoms with Crippen LogP contribution in [0.15, 0.2) is 53.1 Å². The number of nitrogens with zero attached hydrogens (tertiary/aromatic N) is 3. The molecule has 0 fully saturated rings. The number of aromatic nitrogens is 2. The molecule has 1 N–H and O–H groups in total. The van der Waals surface area contributed by atoms with Gasteiger partial charge in [-0.05, 0) is 36.4 Å². The molecule has 2 aromatic carbocycles. The summed E-state index contributed by atoms with van der Waals surface area (Å²) in [7, 11) is 0. The van der Waals surface area contributed by atoms with Crippen LogP contribution >= 0.6 is 11.6 Å². The number of carbonyl (C=O) groups excluding carboxylic acids is 3. The van der Waals surface area contributed by atoms with Crippen molar-refractivity contribution in [2.24, 2.45) is 0 Å². The second-order valence-corrected chi connectivity index (χ2v) is 6.79. The van der Waals surface area contributed by atoms with Crippen LogP contribution < -0.4 is 5.32 Å². The van der Waals surface area contributed by atoms with Gasteiger partial charge in [0.2, 0.25) is 17.6 Å². The third-order valence-electron chi connectivity index (χ3n) is 4.45. The van der Waals surface area contributed by atoms with Gasteiger partial charge >= 0.3 is 0 Å². The van der Waals surface area contributed by atoms with E-state index in [-0.39, 0.29) is 43.1 Å². The number of rotatable bonds is 6. The van der Waals surface area contributed by atoms with Crippen LogP contribution in [0.3, 0.4) is 0 Å². The van der Waals surface area contributed by atoms with E-state index in [4.69, 9.17) is 16.1 Å². The van der Waals surface area contributed by atoms with Crippen molar-refractivity contribution >= 4 is 29.3 Å². The van der Waals surface area contributed by atoms with Gasteiger partial charge in [-0.1, -0.05) is 28.9 Å². The molecule has 1 aromatic heterocycles. The SMILES string of the molecule is O=C(CCN1C(=O)c2ccccc2C1=O)NCc1nc(-c2ccc(Cl)cc2)no1. The Morgan fingerprint density at radius 2 is 1.69 bits per heavy atom. The van der Waals surface area contributed by atoms with Crippen LogP contribution in [-0.4, -0.2) is 39.3 Å². The fraction of sp³-hybridized carbons (Fsp3) is 0.150. The minimum absolute atomic E-state index is 0.00195. The second-order valence-electron chi connectivity index (χ2n) is 6.35. The average molecular weight is 411 g/mol. The molecule has 9 heteroatoms. The van der Waals surface area contributed by atoms with Crippen LogP contribution in [0, 0.1) is 0 Å². The number of hydrogen-bond acceptors (Lipinski definition) is 6. The third kappa shape index (κ3) is 3.88. The largest absolute Gasteiger partial charge is 0.347 e. The molecule has 2 heterocycles. The molecule has 4 rings (SSSR count). The molecule has 0 radical (unpaired) electrons. The second kappa shape index (κ2) is 7.84. The van der Waals surface area contributed by atoms with Gasteiger partial charge in [-0.25, -0.2) is 0 Å². The predicted octanol–water partition coefficient (Wildman–Crippen LogP) is 2.69. The van der Waals surface area contributed by atoms with Crippen molar-refractivity contribution in [1.29, 1.82) is 0 Å². The molecule has 0 bridgehead atoms. The number of nitrogens with one attached hydrogen (secondary N) is 1. The number of fused-ring (bicyclic) bond motifs is 1. The third-order valence-corrected chi connectivity index (χ3v) is 4.70. The van der Waals surface area contributed by atoms with Crippen molar-refractivity contribution in [3.8, 4) is 11.4 Å². The highest BCUT2D eigenvalue weighted by Gasteiger charge is 2.34. The van der Waals surface area contributed by atoms with Gasteiger partial charge in [0.05, 0.1) is 17.7 Å². The summed E-state index contributed by atoms with van der Waals surface area (Å²) in [6.45, 7) is 0.0412. The smallest absolute Gasteiger partial charge is 0.261 e. The Morgan fingerprint density at radius 3 is 2.34 bits per heavy atom. The van der Waals surface area contributed by atoms with E-state index in [0.29, 0.717) is 22.0 Å². The Morgan fingerprint density at radius 1 is 1.03 bits per heavy atom. The molecule has 8 nitrogen and oxygen atoms in total. The Kier molecular flexibility index (Phi) is 5.09. The zero-order chi connectivity index (χ0) is 20.4. The molecule has 1 aliphatic rings. The summed E-state index contributed by atoms with van der Waals surface area (Å²) in [4.78, 5) is 42.0. The highest BCUT2D eigenvalue weighted by molar-refractivity contribution is 6.30. The Balaban J connectivity index is 1.30. The average Bonchev–Trinajstić information content (AvgIpc) is 3.30. The van der Waals surface area contributed by atoms with Gasteiger partial charge in [0, 0.05) is 23.6 Å². The van der Waals surface area contributed by atoms with Crippen molar-refractivity contribution < 1.29 is 18.9 Å². The van der Waals surface area contributed by atoms with Gasteiger partial charge in [0.1, 0.15) is 0 Å². The summed E-state index contributed by atoms with van der Waals surface area (Å²) < 4.78 is 5.13. The van der Waals surface area contributed by atoms with Crippen molar-refractivity contribution in [1.82, 2.24) is 20.4 Å². The molecule has 0 unspecified atom stereocenters. The predicted molar refractivity (Wildman–Crippen MR) is 103 cm³/mol. The lowest BCUT2D eigenvalue weighted by atomic mass is 10.1. The van der Waals surface area contributed by atoms with E-state index in [9.17, 15) is 14.4 Å². The molecule has 0 atom stereocenters. The number of benzene rings is 2. The van der Waals surface area contributed by atoms with E-state index >= 15 is 0 Å². The molecule has 29 heavy (non-hydrogen) atoms. The monoisotopic (exact) mass is 410 g/mol. The minimum Gasteiger partial charge on any atom is -0.347 e. The summed E-state index contributed by atoms with van der Waals surface area (Å²) >= 11 is 5.85. The van der Waals surface area contributed by atoms with Gasteiger partial charge in [-0.15, -0.1) is 0 Å². The topological polar surface area (TPSA) is 105 Å². The summed E-state index contributed by atoms with van der Waals surface area (Å²) in [5.41, 5.74) is 1.46. The lowest BCUT2D eigenvalue weighted by molar-refractivity contribution is -0.121. The van der Waals surface area contributed by atoms with E-state index in [1.54, 1.807) is 48.5 Å². The van der Waals surface area contributed by atoms with Crippen LogP contribution in [0.5, 0.6) is 0 Å². The number of halogens is 1. The van der Waals surface area contributed by atoms with Crippen LogP contribution in [0.2, 0.25) is 5.02 Å². The first-order valence-electron chi connectivity index (χ1n) is 8.83. The minimum atomic E-state index is -0.386. The summed E-state index contributed by atoms with van der Waals surface area (Å²) in [5.74, 6) is -0.486. The van der Waals surface area contributed by atoms with Gasteiger partial charge in [-0.3, -0.25) is 19.3 Å². The number of amides is 3. The molecular weight excluding hydrogens is 396 g/mol. The molecule has 0 spiro atoms. The maximum Gasteiger partial charge on any atom is 0.261 e. The summed E-state index contributed by atoms with van der Waals surface area (Å²) in [6.07, 6.45) is -0.0242. The fourth-order valence-corrected chi connectivity index (χ4v) is 3.09. The molecule has 146 valence electrons. The molecular formula is C20H15ClN4O4. The van der Waals surface area contributed by atoms with Crippen LogP contribution in [0.1, 0.15) is 33.0 Å². The Hall–Kier alpha value is -3.52. The zero-order valence-corrected chi connectivity index (χ0v) is 15.8. The van der Waals surface area contributed by atoms with Crippen molar-refractivity contribution in [3.05, 3.63) is 70.6 Å². The highest BCUT2D eigenvalue weighted by Crippen LogP contribution is 2.22. The molecule has 3 amide bonds. The first-order valence-corrected chi connectivity index (χ1v) is 9.21. The lowest BCUT2D eigenvalue weighted by Gasteiger charge is -2.13. The Labute approximate surface area is 170 Å². The van der Waals surface area contributed by atoms with E-state index in [1.165, 1.54) is 0 Å². The fourth-order valence-electron chi connectivity index (χ4n) is 2.96. The molecule has 0 aliphatic carbocycles. The lowest BCUT2D eigenvalue weighted by Crippen LogP contribution is -2.34. The maximum absolute atomic E-state index is 12.3. The number of carbonyl (C=O) groups is 3. The number of imide groups is 1. The van der Waals surface area contributed by atoms with Crippen LogP contribution in [-0.2, 0) is 11.3 Å². The van der Waals surface area contributed by atoms with Crippen molar-refractivity contribution in [3.63, 3.8) is 0 Å². The van der Waals surface area contributed by atoms with E-state index in [2.05, 4.69) is 15.5 Å². The van der Waals surface area contributed by atoms with Crippen molar-refractivity contribution in [2.45, 2.75) is 13.0 Å². The van der Waals surface area contributed by atoms with Crippen LogP contribution in [0.25, 0.3) is 11.4 Å². The quantitative estimate of drug-likeness (QED) is 0.626. The summed E-state index contributed by atoms with van der Waals surface area (Å²) in [6, 6.07) is 13.6. The maximum atomic E-state index is 12.3. The molecule has 0 saturated heterocycles. The molecule has 3 aromatic rings. The first-order chi connectivity index (χ1) is 14.0. The van der Waals surface area contributed by atoms with Gasteiger partial charge in [0.25, 0.3) is 11.8 Å². The number of hydrogen-bond donors (Lipinski definition) is 1. The van der Waals surface area contributed by atoms with Crippen molar-refractivity contribution in [2.75, 3.05) is 6.54 Å².